The molecule has 10 heteroatoms. The van der Waals surface area contributed by atoms with Crippen molar-refractivity contribution in [3.05, 3.63) is 52.6 Å². The van der Waals surface area contributed by atoms with E-state index in [1.807, 2.05) is 0 Å². The summed E-state index contributed by atoms with van der Waals surface area (Å²) in [6.45, 7) is 7.99. The third-order valence-corrected chi connectivity index (χ3v) is 5.69. The van der Waals surface area contributed by atoms with Gasteiger partial charge in [0.2, 0.25) is 0 Å². The van der Waals surface area contributed by atoms with E-state index in [-0.39, 0.29) is 17.1 Å². The average Bonchev–Trinajstić information content (AvgIpc) is 3.04. The van der Waals surface area contributed by atoms with Gasteiger partial charge in [0.25, 0.3) is 5.91 Å². The lowest BCUT2D eigenvalue weighted by Gasteiger charge is -2.15. The minimum absolute atomic E-state index is 0.115. The number of rotatable bonds is 8. The number of imide groups is 1. The van der Waals surface area contributed by atoms with Gasteiger partial charge < -0.3 is 10.1 Å². The summed E-state index contributed by atoms with van der Waals surface area (Å²) in [5.74, 6) is -1.65. The number of halogens is 2. The lowest BCUT2D eigenvalue weighted by molar-refractivity contribution is 0.0783. The Bertz CT molecular complexity index is 838. The number of hydrogen-bond donors (Lipinski definition) is 2. The number of amides is 3. The summed E-state index contributed by atoms with van der Waals surface area (Å²) in [6.07, 6.45) is 1.75. The maximum atomic E-state index is 13.7. The fourth-order valence-electron chi connectivity index (χ4n) is 2.17. The quantitative estimate of drug-likeness (QED) is 0.498. The van der Waals surface area contributed by atoms with E-state index in [1.54, 1.807) is 16.9 Å². The number of nitrogens with one attached hydrogen (secondary N) is 2. The Hall–Kier alpha value is -2.23. The number of carbonyl (C=O) groups excluding carboxylic acids is 2. The van der Waals surface area contributed by atoms with Crippen molar-refractivity contribution >= 4 is 31.6 Å². The number of ether oxygens (including phenoxy) is 1. The number of nitrogens with zero attached hydrogens (tertiary/aromatic N) is 2. The molecule has 28 heavy (non-hydrogen) atoms. The second kappa shape index (κ2) is 9.81. The average molecular weight is 427 g/mol. The molecule has 2 aromatic rings. The molecule has 0 fully saturated rings. The third-order valence-electron chi connectivity index (χ3n) is 3.75. The van der Waals surface area contributed by atoms with Gasteiger partial charge in [0, 0.05) is 25.9 Å². The molecule has 1 aromatic heterocycles. The molecule has 3 amide bonds. The first-order chi connectivity index (χ1) is 13.1. The smallest absolute Gasteiger partial charge is 0.322 e. The normalized spacial score (nSPS) is 11.3. The van der Waals surface area contributed by atoms with Crippen LogP contribution in [0.3, 0.4) is 0 Å². The van der Waals surface area contributed by atoms with E-state index < -0.39 is 25.8 Å². The van der Waals surface area contributed by atoms with Crippen molar-refractivity contribution in [1.29, 1.82) is 0 Å². The lowest BCUT2D eigenvalue weighted by atomic mass is 10.2. The van der Waals surface area contributed by atoms with Gasteiger partial charge in [-0.2, -0.15) is 5.10 Å². The zero-order chi connectivity index (χ0) is 20.7. The number of carbonyl (C=O) groups is 2. The van der Waals surface area contributed by atoms with E-state index in [4.69, 9.17) is 16.3 Å². The van der Waals surface area contributed by atoms with Crippen molar-refractivity contribution in [2.75, 3.05) is 6.61 Å². The standard InChI is InChI=1S/C18H24ClFN4O3Si/c1-28(2,3)9-8-27-12-24-7-6-14(23-24)11-21-18(26)22-17(25)15-5-4-13(19)10-16(15)20/h4-7,10H,8-9,11-12H2,1-3H3,(H2,21,22,25,26). The highest BCUT2D eigenvalue weighted by atomic mass is 35.5. The topological polar surface area (TPSA) is 85.2 Å². The van der Waals surface area contributed by atoms with E-state index >= 15 is 0 Å². The Labute approximate surface area is 169 Å². The van der Waals surface area contributed by atoms with Crippen LogP contribution in [0.5, 0.6) is 0 Å². The molecule has 0 atom stereocenters. The summed E-state index contributed by atoms with van der Waals surface area (Å²) in [5.41, 5.74) is 0.341. The van der Waals surface area contributed by atoms with Crippen molar-refractivity contribution in [3.63, 3.8) is 0 Å². The Morgan fingerprint density at radius 3 is 2.71 bits per heavy atom. The highest BCUT2D eigenvalue weighted by Crippen LogP contribution is 2.14. The highest BCUT2D eigenvalue weighted by Gasteiger charge is 2.15. The monoisotopic (exact) mass is 426 g/mol. The molecule has 0 aliphatic carbocycles. The van der Waals surface area contributed by atoms with Gasteiger partial charge in [0.05, 0.1) is 17.8 Å². The Kier molecular flexibility index (Phi) is 7.73. The molecule has 2 N–H and O–H groups in total. The lowest BCUT2D eigenvalue weighted by Crippen LogP contribution is -2.39. The molecule has 0 radical (unpaired) electrons. The number of hydrogen-bond acceptors (Lipinski definition) is 4. The van der Waals surface area contributed by atoms with Crippen LogP contribution in [0.25, 0.3) is 0 Å². The molecule has 1 heterocycles. The number of benzene rings is 1. The molecule has 1 aromatic carbocycles. The Morgan fingerprint density at radius 1 is 1.29 bits per heavy atom. The van der Waals surface area contributed by atoms with Gasteiger partial charge in [0.15, 0.2) is 0 Å². The minimum atomic E-state index is -1.13. The van der Waals surface area contributed by atoms with Gasteiger partial charge in [0.1, 0.15) is 12.5 Å². The summed E-state index contributed by atoms with van der Waals surface area (Å²) >= 11 is 5.64. The zero-order valence-electron chi connectivity index (χ0n) is 16.1. The van der Waals surface area contributed by atoms with Crippen LogP contribution in [0, 0.1) is 5.82 Å². The fourth-order valence-corrected chi connectivity index (χ4v) is 3.08. The molecular formula is C18H24ClFN4O3Si. The molecule has 0 spiro atoms. The van der Waals surface area contributed by atoms with Crippen molar-refractivity contribution in [3.8, 4) is 0 Å². The molecule has 2 rings (SSSR count). The summed E-state index contributed by atoms with van der Waals surface area (Å²) in [4.78, 5) is 23.8. The predicted octanol–water partition coefficient (Wildman–Crippen LogP) is 3.63. The van der Waals surface area contributed by atoms with Crippen LogP contribution < -0.4 is 10.6 Å². The molecule has 0 unspecified atom stereocenters. The predicted molar refractivity (Wildman–Crippen MR) is 107 cm³/mol. The van der Waals surface area contributed by atoms with Crippen molar-refractivity contribution in [1.82, 2.24) is 20.4 Å². The molecule has 0 aliphatic heterocycles. The summed E-state index contributed by atoms with van der Waals surface area (Å²) in [5, 5.41) is 9.01. The number of aromatic nitrogens is 2. The molecule has 0 bridgehead atoms. The minimum Gasteiger partial charge on any atom is -0.360 e. The van der Waals surface area contributed by atoms with Gasteiger partial charge in [-0.1, -0.05) is 31.2 Å². The van der Waals surface area contributed by atoms with E-state index in [2.05, 4.69) is 35.4 Å². The van der Waals surface area contributed by atoms with Crippen LogP contribution >= 0.6 is 11.6 Å². The van der Waals surface area contributed by atoms with Crippen LogP contribution in [0.4, 0.5) is 9.18 Å². The first kappa shape index (κ1) is 22.1. The molecule has 7 nitrogen and oxygen atoms in total. The first-order valence-electron chi connectivity index (χ1n) is 8.78. The van der Waals surface area contributed by atoms with E-state index in [1.165, 1.54) is 12.1 Å². The van der Waals surface area contributed by atoms with Crippen LogP contribution in [0.2, 0.25) is 30.7 Å². The largest absolute Gasteiger partial charge is 0.360 e. The second-order valence-corrected chi connectivity index (χ2v) is 13.5. The molecule has 0 saturated heterocycles. The Balaban J connectivity index is 1.75. The van der Waals surface area contributed by atoms with E-state index in [0.717, 1.165) is 12.1 Å². The molecular weight excluding hydrogens is 403 g/mol. The number of urea groups is 1. The summed E-state index contributed by atoms with van der Waals surface area (Å²) in [6, 6.07) is 5.65. The van der Waals surface area contributed by atoms with Crippen molar-refractivity contribution < 1.29 is 18.7 Å². The van der Waals surface area contributed by atoms with Gasteiger partial charge in [-0.15, -0.1) is 0 Å². The maximum absolute atomic E-state index is 13.7. The molecule has 0 aliphatic rings. The summed E-state index contributed by atoms with van der Waals surface area (Å²) < 4.78 is 20.9. The van der Waals surface area contributed by atoms with Gasteiger partial charge in [-0.3, -0.25) is 10.1 Å². The Morgan fingerprint density at radius 2 is 2.04 bits per heavy atom. The van der Waals surface area contributed by atoms with Crippen molar-refractivity contribution in [2.45, 2.75) is 39.0 Å². The maximum Gasteiger partial charge on any atom is 0.322 e. The second-order valence-electron chi connectivity index (χ2n) is 7.46. The van der Waals surface area contributed by atoms with Gasteiger partial charge >= 0.3 is 6.03 Å². The first-order valence-corrected chi connectivity index (χ1v) is 12.9. The molecule has 0 saturated carbocycles. The van der Waals surface area contributed by atoms with Gasteiger partial charge in [-0.25, -0.2) is 13.9 Å². The van der Waals surface area contributed by atoms with Gasteiger partial charge in [-0.05, 0) is 30.3 Å². The SMILES string of the molecule is C[Si](C)(C)CCOCn1ccc(CNC(=O)NC(=O)c2ccc(Cl)cc2F)n1. The highest BCUT2D eigenvalue weighted by molar-refractivity contribution is 6.76. The molecule has 152 valence electrons. The van der Waals surface area contributed by atoms with Crippen LogP contribution in [-0.2, 0) is 18.0 Å². The summed E-state index contributed by atoms with van der Waals surface area (Å²) in [7, 11) is -1.13. The zero-order valence-corrected chi connectivity index (χ0v) is 17.8. The van der Waals surface area contributed by atoms with Crippen LogP contribution in [-0.4, -0.2) is 36.4 Å². The van der Waals surface area contributed by atoms with E-state index in [0.29, 0.717) is 19.0 Å². The van der Waals surface area contributed by atoms with E-state index in [9.17, 15) is 14.0 Å². The fraction of sp³-hybridized carbons (Fsp3) is 0.389. The third kappa shape index (κ3) is 7.41. The van der Waals surface area contributed by atoms with Crippen LogP contribution in [0.15, 0.2) is 30.5 Å². The van der Waals surface area contributed by atoms with Crippen molar-refractivity contribution in [2.24, 2.45) is 0 Å². The van der Waals surface area contributed by atoms with Crippen LogP contribution in [0.1, 0.15) is 16.1 Å².